The summed E-state index contributed by atoms with van der Waals surface area (Å²) in [5.41, 5.74) is -2.92. The number of aliphatic hydroxyl groups excluding tert-OH is 1. The second-order valence-electron chi connectivity index (χ2n) is 7.91. The van der Waals surface area contributed by atoms with Gasteiger partial charge < -0.3 is 25.5 Å². The molecule has 0 bridgehead atoms. The zero-order chi connectivity index (χ0) is 24.5. The van der Waals surface area contributed by atoms with Crippen molar-refractivity contribution in [3.63, 3.8) is 0 Å². The van der Waals surface area contributed by atoms with Crippen molar-refractivity contribution in [2.24, 2.45) is 0 Å². The van der Waals surface area contributed by atoms with Crippen molar-refractivity contribution in [1.82, 2.24) is 5.06 Å². The molecule has 3 unspecified atom stereocenters. The standard InChI is InChI=1S/C22H19N3O9/c26-13-5-1-3-10-17(13)16(29)8-12(23(10)32)18-15(28)7-9(22(30)31)19-21(18)25(34)20-11(24(19)33)4-2-6-14(20)27/h1-8,10-11,20,26-29,32-34H,(H,30,31)/p-3. The number of aromatic carboxylic acids is 1. The summed E-state index contributed by atoms with van der Waals surface area (Å²) in [5, 5.41) is 92.2. The Balaban J connectivity index is 1.81. The highest BCUT2D eigenvalue weighted by atomic mass is 16.5. The van der Waals surface area contributed by atoms with Crippen LogP contribution in [0.5, 0.6) is 5.75 Å². The number of carboxylic acid groups (broad SMARTS) is 1. The molecule has 1 aromatic rings. The second-order valence-corrected chi connectivity index (χ2v) is 7.91. The first-order chi connectivity index (χ1) is 16.1. The molecule has 176 valence electrons. The molecule has 2 heterocycles. The van der Waals surface area contributed by atoms with E-state index < -0.39 is 75.3 Å². The fourth-order valence-corrected chi connectivity index (χ4v) is 4.58. The lowest BCUT2D eigenvalue weighted by Gasteiger charge is -2.47. The molecule has 0 amide bonds. The molecule has 1 aromatic carbocycles. The molecule has 3 atom stereocenters. The van der Waals surface area contributed by atoms with Crippen molar-refractivity contribution >= 4 is 23.0 Å². The number of benzene rings is 1. The largest absolute Gasteiger partial charge is 0.872 e. The highest BCUT2D eigenvalue weighted by Gasteiger charge is 2.45. The van der Waals surface area contributed by atoms with Crippen LogP contribution in [0.4, 0.5) is 11.4 Å². The molecule has 5 N–H and O–H groups in total. The number of carbonyl (C=O) groups is 1. The van der Waals surface area contributed by atoms with E-state index >= 15 is 0 Å². The molecule has 34 heavy (non-hydrogen) atoms. The van der Waals surface area contributed by atoms with E-state index in [4.69, 9.17) is 0 Å². The van der Waals surface area contributed by atoms with Crippen molar-refractivity contribution in [2.75, 3.05) is 10.1 Å². The van der Waals surface area contributed by atoms with Crippen LogP contribution in [0, 0.1) is 0 Å². The fraction of sp³-hybridized carbons (Fsp3) is 0.136. The van der Waals surface area contributed by atoms with Gasteiger partial charge in [-0.1, -0.05) is 42.2 Å². The van der Waals surface area contributed by atoms with Crippen LogP contribution in [0.15, 0.2) is 71.4 Å². The maximum atomic E-state index is 13.1. The molecule has 0 radical (unpaired) electrons. The van der Waals surface area contributed by atoms with Crippen molar-refractivity contribution in [3.05, 3.63) is 82.6 Å². The third-order valence-corrected chi connectivity index (χ3v) is 6.08. The summed E-state index contributed by atoms with van der Waals surface area (Å²) < 4.78 is 0. The maximum absolute atomic E-state index is 13.1. The van der Waals surface area contributed by atoms with Crippen molar-refractivity contribution < 1.29 is 45.9 Å². The number of allylic oxidation sites excluding steroid dienone is 5. The first kappa shape index (κ1) is 21.5. The highest BCUT2D eigenvalue weighted by Crippen LogP contribution is 2.50. The summed E-state index contributed by atoms with van der Waals surface area (Å²) in [4.78, 5) is 11.9. The number of carboxylic acids is 1. The lowest BCUT2D eigenvalue weighted by atomic mass is 9.89. The molecule has 2 aliphatic carbocycles. The van der Waals surface area contributed by atoms with Gasteiger partial charge in [-0.25, -0.2) is 20.0 Å². The van der Waals surface area contributed by atoms with Gasteiger partial charge >= 0.3 is 5.97 Å². The predicted molar refractivity (Wildman–Crippen MR) is 108 cm³/mol. The number of nitrogens with zero attached hydrogens (tertiary/aromatic N) is 3. The van der Waals surface area contributed by atoms with Crippen molar-refractivity contribution in [1.29, 1.82) is 0 Å². The molecule has 0 saturated carbocycles. The quantitative estimate of drug-likeness (QED) is 0.373. The third-order valence-electron chi connectivity index (χ3n) is 6.08. The highest BCUT2D eigenvalue weighted by molar-refractivity contribution is 6.03. The molecule has 5 rings (SSSR count). The van der Waals surface area contributed by atoms with Crippen LogP contribution >= 0.6 is 0 Å². The number of hydroxylamine groups is 4. The van der Waals surface area contributed by atoms with Gasteiger partial charge in [0.25, 0.3) is 0 Å². The van der Waals surface area contributed by atoms with E-state index in [2.05, 4.69) is 0 Å². The third kappa shape index (κ3) is 2.80. The van der Waals surface area contributed by atoms with Gasteiger partial charge in [0.2, 0.25) is 0 Å². The lowest BCUT2D eigenvalue weighted by molar-refractivity contribution is -0.315. The Labute approximate surface area is 191 Å². The predicted octanol–water partition coefficient (Wildman–Crippen LogP) is -0.545. The van der Waals surface area contributed by atoms with E-state index in [1.54, 1.807) is 0 Å². The van der Waals surface area contributed by atoms with Gasteiger partial charge in [-0.15, -0.1) is 11.5 Å². The van der Waals surface area contributed by atoms with Crippen LogP contribution in [-0.2, 0) is 0 Å². The van der Waals surface area contributed by atoms with Gasteiger partial charge in [0, 0.05) is 5.56 Å². The Hall–Kier alpha value is -4.39. The normalized spacial score (nSPS) is 25.3. The molecule has 0 spiro atoms. The van der Waals surface area contributed by atoms with E-state index in [-0.39, 0.29) is 5.57 Å². The van der Waals surface area contributed by atoms with Crippen molar-refractivity contribution in [2.45, 2.75) is 18.1 Å². The van der Waals surface area contributed by atoms with Gasteiger partial charge in [0.15, 0.2) is 0 Å². The average Bonchev–Trinajstić information content (AvgIpc) is 2.79. The number of hydrogen-bond donors (Lipinski definition) is 5. The molecule has 2 aliphatic heterocycles. The minimum atomic E-state index is -1.59. The van der Waals surface area contributed by atoms with Gasteiger partial charge in [-0.3, -0.25) is 15.6 Å². The first-order valence-electron chi connectivity index (χ1n) is 9.95. The van der Waals surface area contributed by atoms with Crippen LogP contribution in [0.3, 0.4) is 0 Å². The molecule has 0 fully saturated rings. The Morgan fingerprint density at radius 3 is 2.35 bits per heavy atom. The van der Waals surface area contributed by atoms with E-state index in [1.807, 2.05) is 0 Å². The van der Waals surface area contributed by atoms with Crippen LogP contribution < -0.4 is 25.4 Å². The van der Waals surface area contributed by atoms with Crippen LogP contribution in [0.2, 0.25) is 0 Å². The Morgan fingerprint density at radius 1 is 0.941 bits per heavy atom. The Morgan fingerprint density at radius 2 is 1.65 bits per heavy atom. The number of anilines is 2. The minimum Gasteiger partial charge on any atom is -0.872 e. The van der Waals surface area contributed by atoms with E-state index in [1.165, 1.54) is 30.4 Å². The number of rotatable bonds is 2. The van der Waals surface area contributed by atoms with Crippen LogP contribution in [-0.4, -0.2) is 55.0 Å². The topological polar surface area (TPSA) is 197 Å². The molecule has 12 heteroatoms. The van der Waals surface area contributed by atoms with Gasteiger partial charge in [-0.2, -0.15) is 0 Å². The number of hydrogen-bond acceptors (Lipinski definition) is 11. The molecule has 0 saturated heterocycles. The first-order valence-corrected chi connectivity index (χ1v) is 9.95. The summed E-state index contributed by atoms with van der Waals surface area (Å²) in [7, 11) is 0. The SMILES string of the molecule is O=C(O)c1cc([O-])c(C2=CC([O-])=C3C([O-])=CC=CC3N2O)c2c1N(O)C1C=CC=C(O)C1N2O. The molecule has 0 aromatic heterocycles. The Bertz CT molecular complexity index is 1310. The lowest BCUT2D eigenvalue weighted by Crippen LogP contribution is -2.56. The van der Waals surface area contributed by atoms with Gasteiger partial charge in [0.1, 0.15) is 23.5 Å². The van der Waals surface area contributed by atoms with Crippen LogP contribution in [0.25, 0.3) is 5.70 Å². The second kappa shape index (κ2) is 7.31. The fourth-order valence-electron chi connectivity index (χ4n) is 4.58. The van der Waals surface area contributed by atoms with E-state index in [0.29, 0.717) is 21.3 Å². The molecule has 4 aliphatic rings. The summed E-state index contributed by atoms with van der Waals surface area (Å²) in [6.07, 6.45) is 8.64. The summed E-state index contributed by atoms with van der Waals surface area (Å²) in [6.45, 7) is 0. The Kier molecular flexibility index (Phi) is 4.61. The summed E-state index contributed by atoms with van der Waals surface area (Å²) in [6, 6.07) is -3.03. The number of fused-ring (bicyclic) bond motifs is 3. The van der Waals surface area contributed by atoms with Gasteiger partial charge in [0.05, 0.1) is 23.0 Å². The van der Waals surface area contributed by atoms with Crippen molar-refractivity contribution in [3.8, 4) is 5.75 Å². The van der Waals surface area contributed by atoms with Gasteiger partial charge in [-0.05, 0) is 17.7 Å². The zero-order valence-electron chi connectivity index (χ0n) is 17.1. The van der Waals surface area contributed by atoms with E-state index in [9.17, 15) is 45.9 Å². The summed E-state index contributed by atoms with van der Waals surface area (Å²) in [5.74, 6) is -4.42. The average molecular weight is 466 g/mol. The number of aliphatic hydroxyl groups is 1. The van der Waals surface area contributed by atoms with E-state index in [0.717, 1.165) is 12.2 Å². The summed E-state index contributed by atoms with van der Waals surface area (Å²) >= 11 is 0. The zero-order valence-corrected chi connectivity index (χ0v) is 17.1. The minimum absolute atomic E-state index is 0.264. The molecular weight excluding hydrogens is 450 g/mol. The monoisotopic (exact) mass is 466 g/mol. The maximum Gasteiger partial charge on any atom is 0.337 e. The smallest absolute Gasteiger partial charge is 0.337 e. The molecular formula is C22H16N3O9-3. The molecule has 12 nitrogen and oxygen atoms in total. The van der Waals surface area contributed by atoms with Crippen LogP contribution in [0.1, 0.15) is 15.9 Å².